The Balaban J connectivity index is 1.53. The van der Waals surface area contributed by atoms with Crippen molar-refractivity contribution in [3.8, 4) is 16.9 Å². The van der Waals surface area contributed by atoms with Crippen molar-refractivity contribution in [3.05, 3.63) is 88.4 Å². The van der Waals surface area contributed by atoms with E-state index in [1.165, 1.54) is 12.5 Å². The highest BCUT2D eigenvalue weighted by Gasteiger charge is 2.32. The number of nitrogens with zero attached hydrogens (tertiary/aromatic N) is 1. The zero-order chi connectivity index (χ0) is 26.4. The lowest BCUT2D eigenvalue weighted by Crippen LogP contribution is -2.51. The molecular weight excluding hydrogens is 486 g/mol. The molecule has 1 saturated heterocycles. The Bertz CT molecular complexity index is 1250. The van der Waals surface area contributed by atoms with Gasteiger partial charge in [-0.25, -0.2) is 0 Å². The number of nitrogens with one attached hydrogen (secondary N) is 2. The van der Waals surface area contributed by atoms with Gasteiger partial charge >= 0.3 is 0 Å². The Morgan fingerprint density at radius 1 is 1.08 bits per heavy atom. The molecule has 1 heterocycles. The summed E-state index contributed by atoms with van der Waals surface area (Å²) in [4.78, 5) is 25.9. The fourth-order valence-corrected chi connectivity index (χ4v) is 5.28. The minimum absolute atomic E-state index is 0.0308. The van der Waals surface area contributed by atoms with E-state index in [2.05, 4.69) is 47.9 Å². The number of aryl methyl sites for hydroxylation is 1. The lowest BCUT2D eigenvalue weighted by molar-refractivity contribution is -0.133. The summed E-state index contributed by atoms with van der Waals surface area (Å²) < 4.78 is 5.68. The number of halogens is 1. The van der Waals surface area contributed by atoms with Crippen LogP contribution in [0.2, 0.25) is 5.02 Å². The standard InChI is InChI=1S/C30H34ClN3O3/c1-20-15-25(31)10-11-26(20)23-9-12-29(37-3)24(16-23)17-33-28-13-14-34(30(36)18-32-21(2)35)19-27(28)22-7-5-4-6-8-22/h4-12,15-16,27-28,33H,13-14,17-19H2,1-3H3,(H,32,35)/t27-,28-/m0/s1. The molecule has 194 valence electrons. The van der Waals surface area contributed by atoms with Crippen LogP contribution < -0.4 is 15.4 Å². The third-order valence-corrected chi connectivity index (χ3v) is 7.25. The summed E-state index contributed by atoms with van der Waals surface area (Å²) in [5.41, 5.74) is 5.64. The zero-order valence-electron chi connectivity index (χ0n) is 21.6. The molecular formula is C30H34ClN3O3. The number of carbonyl (C=O) groups excluding carboxylic acids is 2. The maximum Gasteiger partial charge on any atom is 0.241 e. The van der Waals surface area contributed by atoms with Crippen LogP contribution in [-0.4, -0.2) is 49.5 Å². The smallest absolute Gasteiger partial charge is 0.241 e. The lowest BCUT2D eigenvalue weighted by Gasteiger charge is -2.39. The van der Waals surface area contributed by atoms with Crippen LogP contribution >= 0.6 is 11.6 Å². The van der Waals surface area contributed by atoms with Gasteiger partial charge in [0.15, 0.2) is 0 Å². The number of hydrogen-bond acceptors (Lipinski definition) is 4. The molecule has 0 aromatic heterocycles. The largest absolute Gasteiger partial charge is 0.496 e. The van der Waals surface area contributed by atoms with Crippen molar-refractivity contribution in [2.24, 2.45) is 0 Å². The van der Waals surface area contributed by atoms with Gasteiger partial charge in [-0.05, 0) is 59.9 Å². The second-order valence-corrected chi connectivity index (χ2v) is 9.97. The number of piperidine rings is 1. The first kappa shape index (κ1) is 26.7. The number of hydrogen-bond donors (Lipinski definition) is 2. The van der Waals surface area contributed by atoms with Gasteiger partial charge in [-0.15, -0.1) is 0 Å². The van der Waals surface area contributed by atoms with Gasteiger partial charge in [0, 0.05) is 49.1 Å². The van der Waals surface area contributed by atoms with E-state index in [1.807, 2.05) is 41.3 Å². The number of ether oxygens (including phenoxy) is 1. The Kier molecular flexibility index (Phi) is 8.85. The predicted octanol–water partition coefficient (Wildman–Crippen LogP) is 4.93. The van der Waals surface area contributed by atoms with Gasteiger partial charge in [-0.2, -0.15) is 0 Å². The summed E-state index contributed by atoms with van der Waals surface area (Å²) in [6, 6.07) is 22.7. The van der Waals surface area contributed by atoms with Gasteiger partial charge in [0.05, 0.1) is 13.7 Å². The second-order valence-electron chi connectivity index (χ2n) is 9.53. The van der Waals surface area contributed by atoms with Crippen LogP contribution in [0.25, 0.3) is 11.1 Å². The third-order valence-electron chi connectivity index (χ3n) is 7.02. The molecule has 0 spiro atoms. The van der Waals surface area contributed by atoms with Crippen molar-refractivity contribution in [1.29, 1.82) is 0 Å². The van der Waals surface area contributed by atoms with E-state index in [0.29, 0.717) is 19.6 Å². The van der Waals surface area contributed by atoms with Crippen LogP contribution in [-0.2, 0) is 16.1 Å². The van der Waals surface area contributed by atoms with Gasteiger partial charge < -0.3 is 20.3 Å². The molecule has 0 aliphatic carbocycles. The average Bonchev–Trinajstić information content (AvgIpc) is 2.90. The fourth-order valence-electron chi connectivity index (χ4n) is 5.05. The molecule has 1 fully saturated rings. The Morgan fingerprint density at radius 2 is 1.86 bits per heavy atom. The molecule has 1 aliphatic heterocycles. The monoisotopic (exact) mass is 519 g/mol. The average molecular weight is 520 g/mol. The van der Waals surface area contributed by atoms with Crippen LogP contribution in [0.5, 0.6) is 5.75 Å². The molecule has 1 aliphatic rings. The number of benzene rings is 3. The van der Waals surface area contributed by atoms with E-state index in [4.69, 9.17) is 16.3 Å². The van der Waals surface area contributed by atoms with Gasteiger partial charge in [0.1, 0.15) is 5.75 Å². The lowest BCUT2D eigenvalue weighted by atomic mass is 9.85. The van der Waals surface area contributed by atoms with E-state index in [1.54, 1.807) is 7.11 Å². The molecule has 37 heavy (non-hydrogen) atoms. The molecule has 6 nitrogen and oxygen atoms in total. The quantitative estimate of drug-likeness (QED) is 0.442. The summed E-state index contributed by atoms with van der Waals surface area (Å²) >= 11 is 6.17. The summed E-state index contributed by atoms with van der Waals surface area (Å²) in [5.74, 6) is 0.711. The SMILES string of the molecule is COc1ccc(-c2ccc(Cl)cc2C)cc1CN[C@H]1CCN(C(=O)CNC(C)=O)C[C@H]1c1ccccc1. The van der Waals surface area contributed by atoms with Crippen molar-refractivity contribution < 1.29 is 14.3 Å². The van der Waals surface area contributed by atoms with Crippen molar-refractivity contribution >= 4 is 23.4 Å². The highest BCUT2D eigenvalue weighted by Crippen LogP contribution is 2.32. The van der Waals surface area contributed by atoms with Crippen LogP contribution in [0.3, 0.4) is 0 Å². The molecule has 4 rings (SSSR count). The van der Waals surface area contributed by atoms with E-state index in [-0.39, 0.29) is 30.3 Å². The molecule has 7 heteroatoms. The van der Waals surface area contributed by atoms with Crippen molar-refractivity contribution in [1.82, 2.24) is 15.5 Å². The van der Waals surface area contributed by atoms with Gasteiger partial charge in [-0.3, -0.25) is 9.59 Å². The van der Waals surface area contributed by atoms with E-state index < -0.39 is 0 Å². The summed E-state index contributed by atoms with van der Waals surface area (Å²) in [6.07, 6.45) is 0.809. The first-order chi connectivity index (χ1) is 17.9. The van der Waals surface area contributed by atoms with Gasteiger partial charge in [0.25, 0.3) is 0 Å². The normalized spacial score (nSPS) is 17.4. The van der Waals surface area contributed by atoms with Crippen molar-refractivity contribution in [2.75, 3.05) is 26.7 Å². The summed E-state index contributed by atoms with van der Waals surface area (Å²) in [7, 11) is 1.69. The predicted molar refractivity (Wildman–Crippen MR) is 148 cm³/mol. The van der Waals surface area contributed by atoms with Crippen molar-refractivity contribution in [3.63, 3.8) is 0 Å². The first-order valence-electron chi connectivity index (χ1n) is 12.6. The minimum atomic E-state index is -0.200. The molecule has 0 bridgehead atoms. The van der Waals surface area contributed by atoms with E-state index in [0.717, 1.165) is 39.4 Å². The number of methoxy groups -OCH3 is 1. The van der Waals surface area contributed by atoms with Gasteiger partial charge in [-0.1, -0.05) is 54.1 Å². The molecule has 0 saturated carbocycles. The minimum Gasteiger partial charge on any atom is -0.496 e. The number of rotatable bonds is 8. The van der Waals surface area contributed by atoms with Crippen LogP contribution in [0, 0.1) is 6.92 Å². The van der Waals surface area contributed by atoms with Crippen LogP contribution in [0.15, 0.2) is 66.7 Å². The first-order valence-corrected chi connectivity index (χ1v) is 13.0. The third kappa shape index (κ3) is 6.70. The molecule has 2 atom stereocenters. The maximum atomic E-state index is 12.7. The van der Waals surface area contributed by atoms with E-state index in [9.17, 15) is 9.59 Å². The second kappa shape index (κ2) is 12.3. The Morgan fingerprint density at radius 3 is 2.57 bits per heavy atom. The topological polar surface area (TPSA) is 70.7 Å². The molecule has 0 unspecified atom stereocenters. The van der Waals surface area contributed by atoms with E-state index >= 15 is 0 Å². The summed E-state index contributed by atoms with van der Waals surface area (Å²) in [6.45, 7) is 5.39. The van der Waals surface area contributed by atoms with Crippen LogP contribution in [0.1, 0.15) is 36.0 Å². The molecule has 3 aromatic rings. The van der Waals surface area contributed by atoms with Crippen LogP contribution in [0.4, 0.5) is 0 Å². The van der Waals surface area contributed by atoms with Gasteiger partial charge in [0.2, 0.25) is 11.8 Å². The molecule has 0 radical (unpaired) electrons. The number of carbonyl (C=O) groups is 2. The Hall–Kier alpha value is -3.35. The summed E-state index contributed by atoms with van der Waals surface area (Å²) in [5, 5.41) is 7.12. The molecule has 3 aromatic carbocycles. The highest BCUT2D eigenvalue weighted by atomic mass is 35.5. The molecule has 2 amide bonds. The number of likely N-dealkylation sites (tertiary alicyclic amines) is 1. The maximum absolute atomic E-state index is 12.7. The zero-order valence-corrected chi connectivity index (χ0v) is 22.3. The number of amides is 2. The molecule has 2 N–H and O–H groups in total. The van der Waals surface area contributed by atoms with Crippen molar-refractivity contribution in [2.45, 2.75) is 38.8 Å². The fraction of sp³-hybridized carbons (Fsp3) is 0.333. The Labute approximate surface area is 224 Å². The highest BCUT2D eigenvalue weighted by molar-refractivity contribution is 6.30.